The summed E-state index contributed by atoms with van der Waals surface area (Å²) in [5, 5.41) is 5.79. The number of benzene rings is 1. The van der Waals surface area contributed by atoms with Crippen LogP contribution < -0.4 is 15.5 Å². The van der Waals surface area contributed by atoms with E-state index in [4.69, 9.17) is 0 Å². The number of nitrogens with one attached hydrogen (secondary N) is 2. The largest absolute Gasteiger partial charge is 0.372 e. The maximum atomic E-state index is 12.5. The summed E-state index contributed by atoms with van der Waals surface area (Å²) in [4.78, 5) is 27.0. The van der Waals surface area contributed by atoms with Crippen LogP contribution in [0.25, 0.3) is 0 Å². The van der Waals surface area contributed by atoms with Crippen LogP contribution in [-0.4, -0.2) is 31.4 Å². The normalized spacial score (nSPS) is 14.8. The summed E-state index contributed by atoms with van der Waals surface area (Å²) in [7, 11) is 0. The number of hydrogen-bond acceptors (Lipinski definition) is 3. The van der Waals surface area contributed by atoms with Crippen LogP contribution in [0.4, 0.5) is 11.4 Å². The first-order valence-electron chi connectivity index (χ1n) is 9.02. The number of amides is 2. The Morgan fingerprint density at radius 1 is 1.04 bits per heavy atom. The lowest BCUT2D eigenvalue weighted by Crippen LogP contribution is -2.40. The predicted molar refractivity (Wildman–Crippen MR) is 98.2 cm³/mol. The van der Waals surface area contributed by atoms with Gasteiger partial charge in [-0.2, -0.15) is 0 Å². The smallest absolute Gasteiger partial charge is 0.240 e. The lowest BCUT2D eigenvalue weighted by Gasteiger charge is -2.21. The summed E-state index contributed by atoms with van der Waals surface area (Å²) < 4.78 is 0. The molecule has 0 bridgehead atoms. The highest BCUT2D eigenvalue weighted by molar-refractivity contribution is 6.13. The monoisotopic (exact) mass is 331 g/mol. The first-order valence-corrected chi connectivity index (χ1v) is 9.02. The molecule has 0 saturated heterocycles. The van der Waals surface area contributed by atoms with E-state index >= 15 is 0 Å². The van der Waals surface area contributed by atoms with E-state index in [0.717, 1.165) is 37.3 Å². The van der Waals surface area contributed by atoms with Crippen molar-refractivity contribution < 1.29 is 9.59 Å². The van der Waals surface area contributed by atoms with Crippen molar-refractivity contribution in [1.82, 2.24) is 5.32 Å². The van der Waals surface area contributed by atoms with Crippen molar-refractivity contribution in [2.24, 2.45) is 5.41 Å². The molecule has 1 saturated carbocycles. The maximum Gasteiger partial charge on any atom is 0.240 e. The van der Waals surface area contributed by atoms with E-state index in [1.807, 2.05) is 24.3 Å². The quantitative estimate of drug-likeness (QED) is 0.540. The van der Waals surface area contributed by atoms with Crippen molar-refractivity contribution in [3.05, 3.63) is 24.3 Å². The molecule has 0 aliphatic heterocycles. The Morgan fingerprint density at radius 2 is 1.67 bits per heavy atom. The molecule has 5 nitrogen and oxygen atoms in total. The highest BCUT2D eigenvalue weighted by Crippen LogP contribution is 2.46. The van der Waals surface area contributed by atoms with E-state index < -0.39 is 5.41 Å². The van der Waals surface area contributed by atoms with Gasteiger partial charge in [0.2, 0.25) is 11.8 Å². The van der Waals surface area contributed by atoms with Gasteiger partial charge in [-0.1, -0.05) is 13.3 Å². The molecule has 1 aromatic carbocycles. The van der Waals surface area contributed by atoms with E-state index in [9.17, 15) is 9.59 Å². The molecule has 2 rings (SSSR count). The summed E-state index contributed by atoms with van der Waals surface area (Å²) in [5.74, 6) is -0.319. The van der Waals surface area contributed by atoms with Crippen LogP contribution in [0.2, 0.25) is 0 Å². The van der Waals surface area contributed by atoms with Crippen molar-refractivity contribution in [2.45, 2.75) is 46.5 Å². The molecule has 1 fully saturated rings. The zero-order valence-corrected chi connectivity index (χ0v) is 15.0. The first kappa shape index (κ1) is 18.3. The molecule has 0 heterocycles. The van der Waals surface area contributed by atoms with Gasteiger partial charge in [-0.05, 0) is 57.4 Å². The van der Waals surface area contributed by atoms with Crippen LogP contribution >= 0.6 is 0 Å². The highest BCUT2D eigenvalue weighted by atomic mass is 16.2. The van der Waals surface area contributed by atoms with Crippen molar-refractivity contribution in [3.63, 3.8) is 0 Å². The Hall–Kier alpha value is -2.04. The fourth-order valence-electron chi connectivity index (χ4n) is 2.83. The number of carbonyl (C=O) groups is 2. The van der Waals surface area contributed by atoms with E-state index in [2.05, 4.69) is 36.3 Å². The first-order chi connectivity index (χ1) is 11.6. The molecule has 1 aromatic rings. The van der Waals surface area contributed by atoms with Gasteiger partial charge >= 0.3 is 0 Å². The number of hydrogen-bond donors (Lipinski definition) is 2. The molecule has 132 valence electrons. The fraction of sp³-hybridized carbons (Fsp3) is 0.579. The van der Waals surface area contributed by atoms with Crippen molar-refractivity contribution >= 4 is 23.2 Å². The Bertz CT molecular complexity index is 560. The number of nitrogens with zero attached hydrogens (tertiary/aromatic N) is 1. The molecule has 2 N–H and O–H groups in total. The van der Waals surface area contributed by atoms with Gasteiger partial charge in [-0.15, -0.1) is 0 Å². The molecule has 1 aliphatic carbocycles. The number of anilines is 2. The van der Waals surface area contributed by atoms with E-state index in [1.165, 1.54) is 0 Å². The maximum absolute atomic E-state index is 12.5. The van der Waals surface area contributed by atoms with Gasteiger partial charge in [0.1, 0.15) is 5.41 Å². The average Bonchev–Trinajstić information content (AvgIpc) is 3.39. The van der Waals surface area contributed by atoms with Gasteiger partial charge in [-0.3, -0.25) is 9.59 Å². The Kier molecular flexibility index (Phi) is 6.23. The molecule has 0 unspecified atom stereocenters. The average molecular weight is 331 g/mol. The van der Waals surface area contributed by atoms with Crippen LogP contribution in [0.15, 0.2) is 24.3 Å². The lowest BCUT2D eigenvalue weighted by atomic mass is 10.0. The van der Waals surface area contributed by atoms with Gasteiger partial charge in [0.15, 0.2) is 0 Å². The molecule has 24 heavy (non-hydrogen) atoms. The van der Waals surface area contributed by atoms with Gasteiger partial charge in [0.25, 0.3) is 0 Å². The Labute approximate surface area is 144 Å². The molecule has 0 spiro atoms. The van der Waals surface area contributed by atoms with Crippen molar-refractivity contribution in [1.29, 1.82) is 0 Å². The highest BCUT2D eigenvalue weighted by Gasteiger charge is 2.56. The minimum Gasteiger partial charge on any atom is -0.372 e. The van der Waals surface area contributed by atoms with Crippen LogP contribution in [0.3, 0.4) is 0 Å². The summed E-state index contributed by atoms with van der Waals surface area (Å²) in [6.07, 6.45) is 3.23. The van der Waals surface area contributed by atoms with Gasteiger partial charge in [0.05, 0.1) is 0 Å². The Morgan fingerprint density at radius 3 is 2.17 bits per heavy atom. The fourth-order valence-corrected chi connectivity index (χ4v) is 2.83. The van der Waals surface area contributed by atoms with Crippen LogP contribution in [-0.2, 0) is 9.59 Å². The number of unbranched alkanes of at least 4 members (excludes halogenated alkanes) is 1. The number of carbonyl (C=O) groups excluding carboxylic acids is 2. The molecule has 1 aliphatic rings. The van der Waals surface area contributed by atoms with Gasteiger partial charge < -0.3 is 15.5 Å². The minimum absolute atomic E-state index is 0.131. The predicted octanol–water partition coefficient (Wildman–Crippen LogP) is 3.17. The van der Waals surface area contributed by atoms with Gasteiger partial charge in [0, 0.05) is 31.0 Å². The summed E-state index contributed by atoms with van der Waals surface area (Å²) in [6.45, 7) is 8.85. The summed E-state index contributed by atoms with van der Waals surface area (Å²) >= 11 is 0. The topological polar surface area (TPSA) is 61.4 Å². The minimum atomic E-state index is -0.856. The van der Waals surface area contributed by atoms with Crippen LogP contribution in [0.5, 0.6) is 0 Å². The zero-order valence-electron chi connectivity index (χ0n) is 15.0. The summed E-state index contributed by atoms with van der Waals surface area (Å²) in [5.41, 5.74) is 1.02. The molecule has 0 aromatic heterocycles. The van der Waals surface area contributed by atoms with E-state index in [1.54, 1.807) is 0 Å². The summed E-state index contributed by atoms with van der Waals surface area (Å²) in [6, 6.07) is 7.81. The number of rotatable bonds is 9. The van der Waals surface area contributed by atoms with E-state index in [0.29, 0.717) is 19.4 Å². The molecule has 5 heteroatoms. The molecule has 0 atom stereocenters. The van der Waals surface area contributed by atoms with E-state index in [-0.39, 0.29) is 11.8 Å². The third kappa shape index (κ3) is 4.08. The Balaban J connectivity index is 1.95. The van der Waals surface area contributed by atoms with Crippen LogP contribution in [0, 0.1) is 5.41 Å². The molecular formula is C19H29N3O2. The molecule has 2 amide bonds. The SMILES string of the molecule is CCCCNC(=O)C1(C(=O)Nc2ccc(N(CC)CC)cc2)CC1. The second-order valence-corrected chi connectivity index (χ2v) is 6.36. The second kappa shape index (κ2) is 8.18. The van der Waals surface area contributed by atoms with Crippen molar-refractivity contribution in [2.75, 3.05) is 29.9 Å². The standard InChI is InChI=1S/C19H29N3O2/c1-4-7-14-20-17(23)19(12-13-19)18(24)21-15-8-10-16(11-9-15)22(5-2)6-3/h8-11H,4-7,12-14H2,1-3H3,(H,20,23)(H,21,24). The van der Waals surface area contributed by atoms with Crippen LogP contribution in [0.1, 0.15) is 46.5 Å². The lowest BCUT2D eigenvalue weighted by molar-refractivity contribution is -0.134. The third-order valence-electron chi connectivity index (χ3n) is 4.69. The second-order valence-electron chi connectivity index (χ2n) is 6.36. The molecule has 0 radical (unpaired) electrons. The zero-order chi connectivity index (χ0) is 17.6. The van der Waals surface area contributed by atoms with Gasteiger partial charge in [-0.25, -0.2) is 0 Å². The van der Waals surface area contributed by atoms with Crippen molar-refractivity contribution in [3.8, 4) is 0 Å². The molecular weight excluding hydrogens is 302 g/mol. The third-order valence-corrected chi connectivity index (χ3v) is 4.69.